The average molecular weight is 395 g/mol. The van der Waals surface area contributed by atoms with E-state index in [1.54, 1.807) is 43.0 Å². The molecular formula is C22H25N3O4. The van der Waals surface area contributed by atoms with Gasteiger partial charge >= 0.3 is 0 Å². The summed E-state index contributed by atoms with van der Waals surface area (Å²) in [5.41, 5.74) is 2.19. The number of nitrogens with zero attached hydrogens (tertiary/aromatic N) is 2. The van der Waals surface area contributed by atoms with Gasteiger partial charge in [-0.25, -0.2) is 0 Å². The number of hydrogen-bond acceptors (Lipinski definition) is 4. The summed E-state index contributed by atoms with van der Waals surface area (Å²) in [6.45, 7) is 2.43. The Bertz CT molecular complexity index is 911. The van der Waals surface area contributed by atoms with Crippen LogP contribution in [0.5, 0.6) is 5.75 Å². The van der Waals surface area contributed by atoms with Crippen LogP contribution < -0.4 is 15.0 Å². The average Bonchev–Trinajstić information content (AvgIpc) is 2.73. The molecule has 152 valence electrons. The standard InChI is InChI=1S/C22H25N3O4/c1-15-22(28)25(18-6-4-5-7-19(18)29-15)13-12-20(26)24(3)14-16-8-10-17(11-9-16)21(27)23-2/h4-11,15H,12-14H2,1-3H3,(H,23,27). The molecule has 3 rings (SSSR count). The van der Waals surface area contributed by atoms with Crippen molar-refractivity contribution in [3.05, 3.63) is 59.7 Å². The highest BCUT2D eigenvalue weighted by molar-refractivity contribution is 6.00. The van der Waals surface area contributed by atoms with Gasteiger partial charge < -0.3 is 19.9 Å². The minimum absolute atomic E-state index is 0.0650. The lowest BCUT2D eigenvalue weighted by molar-refractivity contribution is -0.130. The first-order valence-electron chi connectivity index (χ1n) is 9.52. The molecule has 0 aromatic heterocycles. The van der Waals surface area contributed by atoms with Crippen LogP contribution in [-0.2, 0) is 16.1 Å². The third-order valence-corrected chi connectivity index (χ3v) is 4.91. The summed E-state index contributed by atoms with van der Waals surface area (Å²) < 4.78 is 5.63. The van der Waals surface area contributed by atoms with Crippen LogP contribution in [0.3, 0.4) is 0 Å². The molecule has 0 saturated carbocycles. The van der Waals surface area contributed by atoms with Crippen molar-refractivity contribution >= 4 is 23.4 Å². The van der Waals surface area contributed by atoms with E-state index in [-0.39, 0.29) is 24.1 Å². The number of para-hydroxylation sites is 2. The molecule has 7 nitrogen and oxygen atoms in total. The SMILES string of the molecule is CNC(=O)c1ccc(CN(C)C(=O)CCN2C(=O)C(C)Oc3ccccc32)cc1. The van der Waals surface area contributed by atoms with Gasteiger partial charge in [0.1, 0.15) is 5.75 Å². The van der Waals surface area contributed by atoms with Crippen LogP contribution in [-0.4, -0.2) is 49.4 Å². The topological polar surface area (TPSA) is 79.0 Å². The molecule has 7 heteroatoms. The van der Waals surface area contributed by atoms with Crippen molar-refractivity contribution in [2.75, 3.05) is 25.5 Å². The van der Waals surface area contributed by atoms with Crippen molar-refractivity contribution in [3.63, 3.8) is 0 Å². The Morgan fingerprint density at radius 1 is 1.14 bits per heavy atom. The van der Waals surface area contributed by atoms with Gasteiger partial charge in [0.05, 0.1) is 5.69 Å². The molecule has 1 aliphatic rings. The Hall–Kier alpha value is -3.35. The fraction of sp³-hybridized carbons (Fsp3) is 0.318. The molecule has 1 N–H and O–H groups in total. The normalized spacial score (nSPS) is 15.3. The maximum Gasteiger partial charge on any atom is 0.267 e. The molecule has 2 aromatic rings. The summed E-state index contributed by atoms with van der Waals surface area (Å²) in [6.07, 6.45) is -0.365. The summed E-state index contributed by atoms with van der Waals surface area (Å²) in [6, 6.07) is 14.5. The molecule has 0 bridgehead atoms. The Morgan fingerprint density at radius 2 is 1.83 bits per heavy atom. The van der Waals surface area contributed by atoms with Gasteiger partial charge in [0, 0.05) is 39.2 Å². The minimum Gasteiger partial charge on any atom is -0.479 e. The van der Waals surface area contributed by atoms with E-state index in [0.29, 0.717) is 30.1 Å². The van der Waals surface area contributed by atoms with E-state index in [2.05, 4.69) is 5.32 Å². The van der Waals surface area contributed by atoms with Gasteiger partial charge in [-0.15, -0.1) is 0 Å². The van der Waals surface area contributed by atoms with Crippen LogP contribution in [0.4, 0.5) is 5.69 Å². The lowest BCUT2D eigenvalue weighted by Gasteiger charge is -2.33. The number of benzene rings is 2. The number of anilines is 1. The van der Waals surface area contributed by atoms with Crippen LogP contribution in [0.1, 0.15) is 29.3 Å². The third-order valence-electron chi connectivity index (χ3n) is 4.91. The van der Waals surface area contributed by atoms with Crippen LogP contribution in [0.2, 0.25) is 0 Å². The number of carbonyl (C=O) groups is 3. The monoisotopic (exact) mass is 395 g/mol. The van der Waals surface area contributed by atoms with Crippen LogP contribution in [0, 0.1) is 0 Å². The highest BCUT2D eigenvalue weighted by atomic mass is 16.5. The number of rotatable bonds is 6. The van der Waals surface area contributed by atoms with Crippen molar-refractivity contribution < 1.29 is 19.1 Å². The second-order valence-electron chi connectivity index (χ2n) is 6.99. The predicted molar refractivity (Wildman–Crippen MR) is 110 cm³/mol. The Kier molecular flexibility index (Phi) is 6.16. The largest absolute Gasteiger partial charge is 0.479 e. The van der Waals surface area contributed by atoms with E-state index >= 15 is 0 Å². The van der Waals surface area contributed by atoms with Crippen LogP contribution in [0.25, 0.3) is 0 Å². The Balaban J connectivity index is 1.60. The van der Waals surface area contributed by atoms with E-state index in [1.165, 1.54) is 0 Å². The van der Waals surface area contributed by atoms with Crippen molar-refractivity contribution in [3.8, 4) is 5.75 Å². The summed E-state index contributed by atoms with van der Waals surface area (Å²) in [5, 5.41) is 2.58. The molecule has 1 atom stereocenters. The lowest BCUT2D eigenvalue weighted by Crippen LogP contribution is -2.45. The Morgan fingerprint density at radius 3 is 2.52 bits per heavy atom. The van der Waals surface area contributed by atoms with Gasteiger partial charge in [0.15, 0.2) is 6.10 Å². The van der Waals surface area contributed by atoms with Crippen molar-refractivity contribution in [1.82, 2.24) is 10.2 Å². The molecule has 3 amide bonds. The molecule has 1 unspecified atom stereocenters. The number of nitrogens with one attached hydrogen (secondary N) is 1. The predicted octanol–water partition coefficient (Wildman–Crippen LogP) is 2.21. The van der Waals surface area contributed by atoms with Crippen molar-refractivity contribution in [2.45, 2.75) is 26.0 Å². The van der Waals surface area contributed by atoms with E-state index in [0.717, 1.165) is 5.56 Å². The first-order valence-corrected chi connectivity index (χ1v) is 9.52. The fourth-order valence-corrected chi connectivity index (χ4v) is 3.26. The molecule has 0 fully saturated rings. The Labute approximate surface area is 170 Å². The molecule has 0 saturated heterocycles. The summed E-state index contributed by atoms with van der Waals surface area (Å²) in [4.78, 5) is 40.0. The summed E-state index contributed by atoms with van der Waals surface area (Å²) in [5.74, 6) is 0.288. The van der Waals surface area contributed by atoms with E-state index in [4.69, 9.17) is 4.74 Å². The highest BCUT2D eigenvalue weighted by Gasteiger charge is 2.31. The third kappa shape index (κ3) is 4.56. The molecule has 1 heterocycles. The maximum absolute atomic E-state index is 12.6. The maximum atomic E-state index is 12.6. The molecule has 0 aliphatic carbocycles. The summed E-state index contributed by atoms with van der Waals surface area (Å²) >= 11 is 0. The molecule has 2 aromatic carbocycles. The minimum atomic E-state index is -0.573. The second kappa shape index (κ2) is 8.77. The molecule has 1 aliphatic heterocycles. The first kappa shape index (κ1) is 20.4. The number of hydrogen-bond donors (Lipinski definition) is 1. The molecule has 0 spiro atoms. The lowest BCUT2D eigenvalue weighted by atomic mass is 10.1. The fourth-order valence-electron chi connectivity index (χ4n) is 3.26. The number of fused-ring (bicyclic) bond motifs is 1. The van der Waals surface area contributed by atoms with Crippen molar-refractivity contribution in [1.29, 1.82) is 0 Å². The van der Waals surface area contributed by atoms with E-state index < -0.39 is 6.10 Å². The van der Waals surface area contributed by atoms with E-state index in [9.17, 15) is 14.4 Å². The van der Waals surface area contributed by atoms with Gasteiger partial charge in [-0.3, -0.25) is 14.4 Å². The smallest absolute Gasteiger partial charge is 0.267 e. The highest BCUT2D eigenvalue weighted by Crippen LogP contribution is 2.33. The first-order chi connectivity index (χ1) is 13.9. The van der Waals surface area contributed by atoms with Crippen LogP contribution >= 0.6 is 0 Å². The zero-order chi connectivity index (χ0) is 21.0. The number of amides is 3. The summed E-state index contributed by atoms with van der Waals surface area (Å²) in [7, 11) is 3.31. The molecule has 0 radical (unpaired) electrons. The zero-order valence-corrected chi connectivity index (χ0v) is 16.8. The second-order valence-corrected chi connectivity index (χ2v) is 6.99. The van der Waals surface area contributed by atoms with E-state index in [1.807, 2.05) is 36.4 Å². The van der Waals surface area contributed by atoms with Gasteiger partial charge in [0.25, 0.3) is 11.8 Å². The van der Waals surface area contributed by atoms with Gasteiger partial charge in [-0.05, 0) is 36.8 Å². The van der Waals surface area contributed by atoms with Crippen LogP contribution in [0.15, 0.2) is 48.5 Å². The molecule has 29 heavy (non-hydrogen) atoms. The zero-order valence-electron chi connectivity index (χ0n) is 16.8. The van der Waals surface area contributed by atoms with Gasteiger partial charge in [-0.1, -0.05) is 24.3 Å². The molecular weight excluding hydrogens is 370 g/mol. The number of ether oxygens (including phenoxy) is 1. The van der Waals surface area contributed by atoms with Gasteiger partial charge in [0.2, 0.25) is 5.91 Å². The van der Waals surface area contributed by atoms with Gasteiger partial charge in [-0.2, -0.15) is 0 Å². The van der Waals surface area contributed by atoms with Crippen molar-refractivity contribution in [2.24, 2.45) is 0 Å². The number of carbonyl (C=O) groups excluding carboxylic acids is 3. The quantitative estimate of drug-likeness (QED) is 0.813.